The Morgan fingerprint density at radius 1 is 0.812 bits per heavy atom. The van der Waals surface area contributed by atoms with Crippen LogP contribution in [-0.4, -0.2) is 23.9 Å². The van der Waals surface area contributed by atoms with Gasteiger partial charge >= 0.3 is 23.9 Å². The van der Waals surface area contributed by atoms with Crippen LogP contribution in [0.3, 0.4) is 0 Å². The van der Waals surface area contributed by atoms with E-state index in [-0.39, 0.29) is 29.3 Å². The monoisotopic (exact) mass is 331 g/mol. The van der Waals surface area contributed by atoms with E-state index >= 15 is 0 Å². The Morgan fingerprint density at radius 2 is 1.12 bits per heavy atom. The molecule has 0 aromatic carbocycles. The van der Waals surface area contributed by atoms with Crippen molar-refractivity contribution in [2.45, 2.75) is 78.6 Å². The first kappa shape index (κ1) is 18.6. The quantitative estimate of drug-likeness (QED) is 0.583. The normalized spacial score (nSPS) is 10.6. The van der Waals surface area contributed by atoms with Crippen LogP contribution in [0.15, 0.2) is 0 Å². The zero-order valence-electron chi connectivity index (χ0n) is 11.5. The molecule has 0 spiro atoms. The van der Waals surface area contributed by atoms with Crippen LogP contribution in [-0.2, 0) is 0 Å². The van der Waals surface area contributed by atoms with E-state index in [1.807, 2.05) is 0 Å². The number of hydrogen-bond donors (Lipinski definition) is 0. The van der Waals surface area contributed by atoms with Crippen molar-refractivity contribution >= 4 is 23.9 Å². The third-order valence-corrected chi connectivity index (χ3v) is 3.26. The molecule has 0 aliphatic heterocycles. The van der Waals surface area contributed by atoms with Crippen LogP contribution in [0.4, 0.5) is 0 Å². The summed E-state index contributed by atoms with van der Waals surface area (Å²) >= 11 is 0. The van der Waals surface area contributed by atoms with Gasteiger partial charge in [0.1, 0.15) is 0 Å². The summed E-state index contributed by atoms with van der Waals surface area (Å²) in [6.45, 7) is 6.63. The van der Waals surface area contributed by atoms with Gasteiger partial charge in [0.05, 0.1) is 11.5 Å². The van der Waals surface area contributed by atoms with Gasteiger partial charge in [-0.1, -0.05) is 59.3 Å². The van der Waals surface area contributed by atoms with Gasteiger partial charge in [0.15, 0.2) is 0 Å². The first-order valence-electron chi connectivity index (χ1n) is 6.66. The molecule has 0 aromatic rings. The number of unbranched alkanes of at least 4 members (excludes halogenated alkanes) is 3. The first-order valence-corrected chi connectivity index (χ1v) is 6.66. The molecule has 0 aliphatic rings. The molecule has 16 heavy (non-hydrogen) atoms. The molecule has 0 saturated heterocycles. The second kappa shape index (κ2) is 11.8. The van der Waals surface area contributed by atoms with Crippen LogP contribution in [0.1, 0.15) is 78.6 Å². The van der Waals surface area contributed by atoms with E-state index in [0.717, 1.165) is 19.3 Å². The molecule has 2 heteroatoms. The molecule has 0 rings (SSSR count). The molecular formula is C14H29NSn. The third kappa shape index (κ3) is 7.54. The van der Waals surface area contributed by atoms with E-state index in [9.17, 15) is 5.26 Å². The molecular weight excluding hydrogens is 301 g/mol. The number of hydrogen-bond acceptors (Lipinski definition) is 1. The molecule has 0 aromatic heterocycles. The van der Waals surface area contributed by atoms with Crippen LogP contribution in [0, 0.1) is 16.7 Å². The van der Waals surface area contributed by atoms with E-state index in [0.29, 0.717) is 0 Å². The van der Waals surface area contributed by atoms with Gasteiger partial charge in [-0.15, -0.1) is 0 Å². The summed E-state index contributed by atoms with van der Waals surface area (Å²) < 4.78 is 0. The van der Waals surface area contributed by atoms with Gasteiger partial charge in [-0.05, 0) is 19.3 Å². The molecule has 2 radical (unpaired) electrons. The minimum atomic E-state index is 0. The summed E-state index contributed by atoms with van der Waals surface area (Å²) in [7, 11) is 0. The zero-order chi connectivity index (χ0) is 11.6. The SMILES string of the molecule is CCCCC(C#N)(CCCC)CCCC.[SnH2]. The average Bonchev–Trinajstić information content (AvgIpc) is 2.29. The fourth-order valence-electron chi connectivity index (χ4n) is 2.09. The number of nitrogens with zero attached hydrogens (tertiary/aromatic N) is 1. The van der Waals surface area contributed by atoms with Crippen molar-refractivity contribution in [3.05, 3.63) is 0 Å². The zero-order valence-corrected chi connectivity index (χ0v) is 15.6. The van der Waals surface area contributed by atoms with E-state index in [2.05, 4.69) is 26.8 Å². The molecule has 1 nitrogen and oxygen atoms in total. The van der Waals surface area contributed by atoms with Crippen LogP contribution >= 0.6 is 0 Å². The molecule has 0 N–H and O–H groups in total. The van der Waals surface area contributed by atoms with Crippen LogP contribution < -0.4 is 0 Å². The fraction of sp³-hybridized carbons (Fsp3) is 0.929. The van der Waals surface area contributed by atoms with E-state index < -0.39 is 0 Å². The standard InChI is InChI=1S/C14H27N.Sn.2H/c1-4-7-10-14(13-15,11-8-5-2)12-9-6-3;;;/h4-12H2,1-3H3;;;. The van der Waals surface area contributed by atoms with Crippen molar-refractivity contribution in [3.63, 3.8) is 0 Å². The molecule has 0 fully saturated rings. The van der Waals surface area contributed by atoms with Crippen LogP contribution in [0.5, 0.6) is 0 Å². The van der Waals surface area contributed by atoms with Gasteiger partial charge in [0.25, 0.3) is 0 Å². The topological polar surface area (TPSA) is 23.8 Å². The summed E-state index contributed by atoms with van der Waals surface area (Å²) in [5, 5.41) is 9.41. The van der Waals surface area contributed by atoms with Crippen LogP contribution in [0.2, 0.25) is 0 Å². The van der Waals surface area contributed by atoms with Gasteiger partial charge in [-0.25, -0.2) is 0 Å². The Labute approximate surface area is 119 Å². The average molecular weight is 330 g/mol. The molecule has 94 valence electrons. The Kier molecular flexibility index (Phi) is 13.7. The van der Waals surface area contributed by atoms with E-state index in [1.165, 1.54) is 38.5 Å². The Bertz CT molecular complexity index is 162. The van der Waals surface area contributed by atoms with Gasteiger partial charge in [0.2, 0.25) is 0 Å². The molecule has 0 amide bonds. The number of nitriles is 1. The van der Waals surface area contributed by atoms with E-state index in [1.54, 1.807) is 0 Å². The molecule has 0 heterocycles. The van der Waals surface area contributed by atoms with Crippen molar-refractivity contribution < 1.29 is 0 Å². The second-order valence-corrected chi connectivity index (χ2v) is 4.70. The number of rotatable bonds is 9. The molecule has 0 unspecified atom stereocenters. The van der Waals surface area contributed by atoms with E-state index in [4.69, 9.17) is 0 Å². The maximum atomic E-state index is 9.41. The van der Waals surface area contributed by atoms with Crippen LogP contribution in [0.25, 0.3) is 0 Å². The van der Waals surface area contributed by atoms with Gasteiger partial charge in [-0.2, -0.15) is 5.26 Å². The summed E-state index contributed by atoms with van der Waals surface area (Å²) in [5.41, 5.74) is 0.00201. The van der Waals surface area contributed by atoms with Gasteiger partial charge < -0.3 is 0 Å². The van der Waals surface area contributed by atoms with Crippen molar-refractivity contribution in [1.29, 1.82) is 5.26 Å². The van der Waals surface area contributed by atoms with Crippen molar-refractivity contribution in [3.8, 4) is 6.07 Å². The third-order valence-electron chi connectivity index (χ3n) is 3.26. The van der Waals surface area contributed by atoms with Gasteiger partial charge in [-0.3, -0.25) is 0 Å². The van der Waals surface area contributed by atoms with Crippen molar-refractivity contribution in [2.75, 3.05) is 0 Å². The minimum absolute atomic E-state index is 0. The molecule has 0 saturated carbocycles. The Hall–Kier alpha value is 0.289. The first-order chi connectivity index (χ1) is 7.24. The maximum absolute atomic E-state index is 9.41. The fourth-order valence-corrected chi connectivity index (χ4v) is 2.09. The molecule has 0 bridgehead atoms. The van der Waals surface area contributed by atoms with Crippen molar-refractivity contribution in [2.24, 2.45) is 5.41 Å². The summed E-state index contributed by atoms with van der Waals surface area (Å²) in [6, 6.07) is 2.62. The van der Waals surface area contributed by atoms with Crippen molar-refractivity contribution in [1.82, 2.24) is 0 Å². The molecule has 0 aliphatic carbocycles. The summed E-state index contributed by atoms with van der Waals surface area (Å²) in [4.78, 5) is 0. The molecule has 0 atom stereocenters. The second-order valence-electron chi connectivity index (χ2n) is 4.70. The predicted molar refractivity (Wildman–Crippen MR) is 75.2 cm³/mol. The summed E-state index contributed by atoms with van der Waals surface area (Å²) in [6.07, 6.45) is 10.6. The summed E-state index contributed by atoms with van der Waals surface area (Å²) in [5.74, 6) is 0. The Balaban J connectivity index is 0. The van der Waals surface area contributed by atoms with Gasteiger partial charge in [0, 0.05) is 0 Å². The Morgan fingerprint density at radius 3 is 1.31 bits per heavy atom. The predicted octanol–water partition coefficient (Wildman–Crippen LogP) is 4.15.